The minimum Gasteiger partial charge on any atom is -0.462 e. The van der Waals surface area contributed by atoms with E-state index in [0.717, 1.165) is 30.7 Å². The Labute approximate surface area is 191 Å². The number of cyclic esters (lactones) is 1. The minimum absolute atomic E-state index is 0.327. The van der Waals surface area contributed by atoms with Crippen LogP contribution in [0.25, 0.3) is 0 Å². The maximum absolute atomic E-state index is 12.3. The molecule has 0 saturated carbocycles. The highest BCUT2D eigenvalue weighted by Gasteiger charge is 2.37. The highest BCUT2D eigenvalue weighted by molar-refractivity contribution is 5.83. The molecule has 1 aliphatic rings. The summed E-state index contributed by atoms with van der Waals surface area (Å²) in [7, 11) is 0. The summed E-state index contributed by atoms with van der Waals surface area (Å²) < 4.78 is 25.6. The lowest BCUT2D eigenvalue weighted by Crippen LogP contribution is -2.43. The quantitative estimate of drug-likeness (QED) is 0.226. The van der Waals surface area contributed by atoms with Gasteiger partial charge in [-0.1, -0.05) is 19.7 Å². The molecule has 1 saturated heterocycles. The van der Waals surface area contributed by atoms with Gasteiger partial charge >= 0.3 is 29.8 Å². The van der Waals surface area contributed by atoms with Gasteiger partial charge in [0.05, 0.1) is 0 Å². The van der Waals surface area contributed by atoms with E-state index < -0.39 is 61.8 Å². The van der Waals surface area contributed by atoms with E-state index in [1.165, 1.54) is 6.08 Å². The second-order valence-electron chi connectivity index (χ2n) is 7.18. The number of carbonyl (C=O) groups excluding carboxylic acids is 5. The molecule has 1 atom stereocenters. The fraction of sp³-hybridized carbons (Fsp3) is 0.435. The molecular weight excluding hydrogens is 436 g/mol. The van der Waals surface area contributed by atoms with Crippen molar-refractivity contribution in [2.45, 2.75) is 31.8 Å². The maximum atomic E-state index is 12.3. The Morgan fingerprint density at radius 3 is 1.73 bits per heavy atom. The number of rotatable bonds is 13. The molecule has 0 radical (unpaired) electrons. The highest BCUT2D eigenvalue weighted by Crippen LogP contribution is 2.22. The first-order valence-electron chi connectivity index (χ1n) is 10.2. The van der Waals surface area contributed by atoms with Crippen LogP contribution in [0.5, 0.6) is 0 Å². The molecule has 1 rings (SSSR count). The molecule has 10 heteroatoms. The van der Waals surface area contributed by atoms with Crippen molar-refractivity contribution in [1.82, 2.24) is 0 Å². The Balaban J connectivity index is 2.93. The average Bonchev–Trinajstić information content (AvgIpc) is 3.04. The number of carbonyl (C=O) groups is 5. The highest BCUT2D eigenvalue weighted by atomic mass is 16.6. The zero-order valence-corrected chi connectivity index (χ0v) is 18.3. The number of hydrogen-bond donors (Lipinski definition) is 0. The molecule has 0 spiro atoms. The van der Waals surface area contributed by atoms with Crippen molar-refractivity contribution in [1.29, 1.82) is 0 Å². The zero-order valence-electron chi connectivity index (χ0n) is 18.3. The maximum Gasteiger partial charge on any atom is 0.330 e. The summed E-state index contributed by atoms with van der Waals surface area (Å²) >= 11 is 0. The van der Waals surface area contributed by atoms with E-state index in [1.54, 1.807) is 0 Å². The van der Waals surface area contributed by atoms with Crippen LogP contribution < -0.4 is 0 Å². The lowest BCUT2D eigenvalue weighted by atomic mass is 9.92. The van der Waals surface area contributed by atoms with E-state index in [2.05, 4.69) is 19.7 Å². The molecule has 0 amide bonds. The molecule has 1 unspecified atom stereocenters. The van der Waals surface area contributed by atoms with Crippen molar-refractivity contribution in [3.63, 3.8) is 0 Å². The van der Waals surface area contributed by atoms with Crippen LogP contribution in [-0.2, 0) is 47.7 Å². The molecule has 0 aromatic rings. The van der Waals surface area contributed by atoms with Crippen molar-refractivity contribution < 1.29 is 47.7 Å². The van der Waals surface area contributed by atoms with Crippen LogP contribution in [0.1, 0.15) is 25.7 Å². The molecule has 0 aliphatic carbocycles. The standard InChI is InChI=1S/C23H28O10/c1-4-18(24)29-13-23(14-30-19(25)5-2,15-31-20(26)6-3)16-32-21(27)12-11-17-9-7-8-10-22(28)33-17/h4-6,11-12,17H,1-3,7-10,13-16H2. The number of hydrogen-bond acceptors (Lipinski definition) is 10. The molecular formula is C23H28O10. The molecule has 0 aromatic carbocycles. The summed E-state index contributed by atoms with van der Waals surface area (Å²) in [5, 5.41) is 0. The third kappa shape index (κ3) is 10.9. The third-order valence-corrected chi connectivity index (χ3v) is 4.43. The summed E-state index contributed by atoms with van der Waals surface area (Å²) in [4.78, 5) is 58.5. The van der Waals surface area contributed by atoms with Gasteiger partial charge in [0.1, 0.15) is 37.9 Å². The second kappa shape index (κ2) is 14.4. The van der Waals surface area contributed by atoms with Gasteiger partial charge in [-0.2, -0.15) is 0 Å². The van der Waals surface area contributed by atoms with Crippen LogP contribution in [-0.4, -0.2) is 62.4 Å². The largest absolute Gasteiger partial charge is 0.462 e. The molecule has 0 N–H and O–H groups in total. The number of esters is 5. The summed E-state index contributed by atoms with van der Waals surface area (Å²) in [5.41, 5.74) is -1.42. The molecule has 180 valence electrons. The van der Waals surface area contributed by atoms with Crippen LogP contribution in [0.3, 0.4) is 0 Å². The van der Waals surface area contributed by atoms with Gasteiger partial charge in [0.15, 0.2) is 0 Å². The second-order valence-corrected chi connectivity index (χ2v) is 7.18. The van der Waals surface area contributed by atoms with Gasteiger partial charge in [0.25, 0.3) is 0 Å². The lowest BCUT2D eigenvalue weighted by Gasteiger charge is -2.31. The van der Waals surface area contributed by atoms with Crippen molar-refractivity contribution in [3.05, 3.63) is 50.1 Å². The van der Waals surface area contributed by atoms with Gasteiger partial charge in [0, 0.05) is 30.7 Å². The average molecular weight is 464 g/mol. The van der Waals surface area contributed by atoms with E-state index in [4.69, 9.17) is 23.7 Å². The first-order chi connectivity index (χ1) is 15.7. The van der Waals surface area contributed by atoms with Crippen LogP contribution in [0.2, 0.25) is 0 Å². The van der Waals surface area contributed by atoms with Gasteiger partial charge < -0.3 is 23.7 Å². The normalized spacial score (nSPS) is 16.0. The summed E-state index contributed by atoms with van der Waals surface area (Å²) in [6.45, 7) is 8.14. The van der Waals surface area contributed by atoms with E-state index in [0.29, 0.717) is 19.3 Å². The molecule has 33 heavy (non-hydrogen) atoms. The van der Waals surface area contributed by atoms with E-state index in [9.17, 15) is 24.0 Å². The Bertz CT molecular complexity index is 735. The minimum atomic E-state index is -1.42. The van der Waals surface area contributed by atoms with Crippen molar-refractivity contribution in [2.75, 3.05) is 26.4 Å². The summed E-state index contributed by atoms with van der Waals surface area (Å²) in [6, 6.07) is 0. The van der Waals surface area contributed by atoms with Crippen molar-refractivity contribution >= 4 is 29.8 Å². The monoisotopic (exact) mass is 464 g/mol. The zero-order chi connectivity index (χ0) is 24.7. The van der Waals surface area contributed by atoms with Gasteiger partial charge in [0.2, 0.25) is 0 Å². The fourth-order valence-electron chi connectivity index (χ4n) is 2.59. The van der Waals surface area contributed by atoms with Crippen LogP contribution in [0.4, 0.5) is 0 Å². The first kappa shape index (κ1) is 27.3. The Kier molecular flexibility index (Phi) is 11.9. The fourth-order valence-corrected chi connectivity index (χ4v) is 2.59. The van der Waals surface area contributed by atoms with Gasteiger partial charge in [-0.15, -0.1) is 0 Å². The van der Waals surface area contributed by atoms with Crippen LogP contribution >= 0.6 is 0 Å². The Morgan fingerprint density at radius 1 is 0.818 bits per heavy atom. The van der Waals surface area contributed by atoms with E-state index >= 15 is 0 Å². The molecule has 0 bridgehead atoms. The SMILES string of the molecule is C=CC(=O)OCC(COC(=O)C=C)(COC(=O)C=C)COC(=O)C=CC1CCCCC(=O)O1. The predicted octanol–water partition coefficient (Wildman–Crippen LogP) is 1.75. The Hall–Kier alpha value is -3.69. The lowest BCUT2D eigenvalue weighted by molar-refractivity contribution is -0.164. The number of ether oxygens (including phenoxy) is 5. The smallest absolute Gasteiger partial charge is 0.330 e. The first-order valence-corrected chi connectivity index (χ1v) is 10.2. The van der Waals surface area contributed by atoms with Gasteiger partial charge in [-0.25, -0.2) is 19.2 Å². The predicted molar refractivity (Wildman–Crippen MR) is 114 cm³/mol. The molecule has 1 aliphatic heterocycles. The molecule has 0 aromatic heterocycles. The van der Waals surface area contributed by atoms with Crippen LogP contribution in [0.15, 0.2) is 50.1 Å². The van der Waals surface area contributed by atoms with E-state index in [1.807, 2.05) is 0 Å². The van der Waals surface area contributed by atoms with Gasteiger partial charge in [-0.3, -0.25) is 4.79 Å². The Morgan fingerprint density at radius 2 is 1.27 bits per heavy atom. The van der Waals surface area contributed by atoms with Crippen LogP contribution in [0, 0.1) is 5.41 Å². The van der Waals surface area contributed by atoms with Gasteiger partial charge in [-0.05, 0) is 25.3 Å². The van der Waals surface area contributed by atoms with Crippen molar-refractivity contribution in [2.24, 2.45) is 5.41 Å². The molecule has 1 heterocycles. The topological polar surface area (TPSA) is 132 Å². The molecule has 1 fully saturated rings. The van der Waals surface area contributed by atoms with Crippen molar-refractivity contribution in [3.8, 4) is 0 Å². The third-order valence-electron chi connectivity index (χ3n) is 4.43. The molecule has 10 nitrogen and oxygen atoms in total. The summed E-state index contributed by atoms with van der Waals surface area (Å²) in [6.07, 6.45) is 7.11. The van der Waals surface area contributed by atoms with E-state index in [-0.39, 0.29) is 5.97 Å². The summed E-state index contributed by atoms with van der Waals surface area (Å²) in [5.74, 6) is -3.49.